The van der Waals surface area contributed by atoms with E-state index < -0.39 is 17.6 Å². The van der Waals surface area contributed by atoms with Crippen molar-refractivity contribution < 1.29 is 18.7 Å². The van der Waals surface area contributed by atoms with Crippen molar-refractivity contribution in [2.45, 2.75) is 0 Å². The summed E-state index contributed by atoms with van der Waals surface area (Å²) < 4.78 is 26.2. The minimum atomic E-state index is -1.21. The van der Waals surface area contributed by atoms with Crippen molar-refractivity contribution in [1.82, 2.24) is 0 Å². The first kappa shape index (κ1) is 12.3. The van der Waals surface area contributed by atoms with Gasteiger partial charge >= 0.3 is 5.97 Å². The lowest BCUT2D eigenvalue weighted by atomic mass is 10.2. The summed E-state index contributed by atoms with van der Waals surface area (Å²) in [5.74, 6) is -2.81. The summed E-state index contributed by atoms with van der Waals surface area (Å²) in [4.78, 5) is 10.2. The quantitative estimate of drug-likeness (QED) is 0.507. The van der Waals surface area contributed by atoms with Gasteiger partial charge in [0.15, 0.2) is 0 Å². The molecule has 0 aliphatic carbocycles. The number of hydrogen-bond acceptors (Lipinski definition) is 1. The Bertz CT molecular complexity index is 444. The molecule has 6 heteroatoms. The first-order chi connectivity index (χ1) is 6.93. The Morgan fingerprint density at radius 1 is 1.40 bits per heavy atom. The molecule has 1 aromatic rings. The maximum atomic E-state index is 13.4. The molecule has 0 spiro atoms. The van der Waals surface area contributed by atoms with E-state index in [2.05, 4.69) is 31.9 Å². The zero-order valence-corrected chi connectivity index (χ0v) is 10.3. The fraction of sp³-hybridized carbons (Fsp3) is 0. The maximum absolute atomic E-state index is 13.4. The zero-order chi connectivity index (χ0) is 11.6. The highest BCUT2D eigenvalue weighted by Gasteiger charge is 2.13. The molecular weight excluding hydrogens is 338 g/mol. The second kappa shape index (κ2) is 4.85. The van der Waals surface area contributed by atoms with Crippen LogP contribution in [-0.4, -0.2) is 11.1 Å². The molecule has 1 aromatic carbocycles. The van der Waals surface area contributed by atoms with Gasteiger partial charge in [-0.25, -0.2) is 13.6 Å². The minimum Gasteiger partial charge on any atom is -0.478 e. The number of carboxylic acid groups (broad SMARTS) is 1. The van der Waals surface area contributed by atoms with Gasteiger partial charge in [0.05, 0.1) is 4.47 Å². The number of benzene rings is 1. The van der Waals surface area contributed by atoms with Crippen LogP contribution in [0.25, 0.3) is 6.08 Å². The van der Waals surface area contributed by atoms with Crippen LogP contribution in [0.2, 0.25) is 0 Å². The van der Waals surface area contributed by atoms with Gasteiger partial charge in [-0.05, 0) is 44.0 Å². The molecule has 0 radical (unpaired) electrons. The van der Waals surface area contributed by atoms with Crippen LogP contribution in [0.5, 0.6) is 0 Å². The smallest absolute Gasteiger partial charge is 0.328 e. The average Bonchev–Trinajstić information content (AvgIpc) is 2.14. The topological polar surface area (TPSA) is 37.3 Å². The lowest BCUT2D eigenvalue weighted by molar-refractivity contribution is -0.131. The molecule has 0 atom stereocenters. The summed E-state index contributed by atoms with van der Waals surface area (Å²) in [7, 11) is 0. The van der Waals surface area contributed by atoms with E-state index in [1.807, 2.05) is 0 Å². The third-order valence-electron chi connectivity index (χ3n) is 1.54. The molecule has 1 N–H and O–H groups in total. The van der Waals surface area contributed by atoms with Gasteiger partial charge in [0.1, 0.15) is 11.6 Å². The van der Waals surface area contributed by atoms with Crippen molar-refractivity contribution in [3.63, 3.8) is 0 Å². The average molecular weight is 342 g/mol. The Labute approximate surface area is 101 Å². The number of rotatable bonds is 2. The Hall–Kier alpha value is -0.750. The summed E-state index contributed by atoms with van der Waals surface area (Å²) in [5, 5.41) is 8.37. The number of aliphatic carboxylic acids is 1. The Morgan fingerprint density at radius 2 is 2.00 bits per heavy atom. The van der Waals surface area contributed by atoms with E-state index in [4.69, 9.17) is 5.11 Å². The van der Waals surface area contributed by atoms with E-state index in [0.717, 1.165) is 18.2 Å². The van der Waals surface area contributed by atoms with Crippen LogP contribution in [0.3, 0.4) is 0 Å². The number of hydrogen-bond donors (Lipinski definition) is 1. The zero-order valence-electron chi connectivity index (χ0n) is 7.10. The van der Waals surface area contributed by atoms with Gasteiger partial charge in [-0.2, -0.15) is 0 Å². The third kappa shape index (κ3) is 2.85. The molecule has 15 heavy (non-hydrogen) atoms. The molecule has 0 bridgehead atoms. The fourth-order valence-electron chi connectivity index (χ4n) is 0.888. The van der Waals surface area contributed by atoms with Crippen molar-refractivity contribution >= 4 is 43.9 Å². The Kier molecular flexibility index (Phi) is 3.98. The molecule has 0 aliphatic rings. The van der Waals surface area contributed by atoms with Gasteiger partial charge in [-0.3, -0.25) is 0 Å². The predicted molar refractivity (Wildman–Crippen MR) is 58.4 cm³/mol. The largest absolute Gasteiger partial charge is 0.478 e. The lowest BCUT2D eigenvalue weighted by Crippen LogP contribution is -1.92. The highest BCUT2D eigenvalue weighted by molar-refractivity contribution is 9.11. The molecule has 0 aliphatic heterocycles. The van der Waals surface area contributed by atoms with Crippen molar-refractivity contribution in [2.24, 2.45) is 0 Å². The van der Waals surface area contributed by atoms with E-state index >= 15 is 0 Å². The standard InChI is InChI=1S/C9H4Br2F2O2/c10-5-3-6(12)8(11)9(13)4(5)1-2-7(14)15/h1-3H,(H,14,15)/b2-1+. The normalized spacial score (nSPS) is 10.9. The van der Waals surface area contributed by atoms with Crippen molar-refractivity contribution in [1.29, 1.82) is 0 Å². The summed E-state index contributed by atoms with van der Waals surface area (Å²) in [6.07, 6.45) is 1.82. The van der Waals surface area contributed by atoms with E-state index in [1.165, 1.54) is 0 Å². The SMILES string of the molecule is O=C(O)/C=C/c1c(Br)cc(F)c(Br)c1F. The summed E-state index contributed by atoms with van der Waals surface area (Å²) in [5.41, 5.74) is -0.0225. The monoisotopic (exact) mass is 340 g/mol. The van der Waals surface area contributed by atoms with Crippen LogP contribution in [0, 0.1) is 11.6 Å². The van der Waals surface area contributed by atoms with Gasteiger partial charge in [0, 0.05) is 16.1 Å². The van der Waals surface area contributed by atoms with Crippen LogP contribution in [0.1, 0.15) is 5.56 Å². The highest BCUT2D eigenvalue weighted by atomic mass is 79.9. The minimum absolute atomic E-state index is 0.0225. The Morgan fingerprint density at radius 3 is 2.53 bits per heavy atom. The first-order valence-corrected chi connectivity index (χ1v) is 5.26. The van der Waals surface area contributed by atoms with Gasteiger partial charge in [-0.15, -0.1) is 0 Å². The van der Waals surface area contributed by atoms with Crippen LogP contribution in [0.15, 0.2) is 21.1 Å². The van der Waals surface area contributed by atoms with Gasteiger partial charge in [-0.1, -0.05) is 0 Å². The van der Waals surface area contributed by atoms with Crippen LogP contribution in [0.4, 0.5) is 8.78 Å². The second-order valence-electron chi connectivity index (χ2n) is 2.55. The molecule has 0 aromatic heterocycles. The molecule has 1 rings (SSSR count). The second-order valence-corrected chi connectivity index (χ2v) is 4.20. The van der Waals surface area contributed by atoms with Crippen LogP contribution >= 0.6 is 31.9 Å². The maximum Gasteiger partial charge on any atom is 0.328 e. The summed E-state index contributed by atoms with van der Waals surface area (Å²) in [6, 6.07) is 1.05. The van der Waals surface area contributed by atoms with Crippen LogP contribution < -0.4 is 0 Å². The van der Waals surface area contributed by atoms with Crippen molar-refractivity contribution in [3.05, 3.63) is 38.3 Å². The molecular formula is C9H4Br2F2O2. The van der Waals surface area contributed by atoms with Gasteiger partial charge < -0.3 is 5.11 Å². The highest BCUT2D eigenvalue weighted by Crippen LogP contribution is 2.29. The number of halogens is 4. The molecule has 0 heterocycles. The molecule has 0 saturated carbocycles. The summed E-state index contributed by atoms with van der Waals surface area (Å²) in [6.45, 7) is 0. The van der Waals surface area contributed by atoms with E-state index in [9.17, 15) is 13.6 Å². The molecule has 0 saturated heterocycles. The summed E-state index contributed by atoms with van der Waals surface area (Å²) >= 11 is 5.66. The molecule has 0 amide bonds. The van der Waals surface area contributed by atoms with E-state index in [1.54, 1.807) is 0 Å². The van der Waals surface area contributed by atoms with Crippen molar-refractivity contribution in [2.75, 3.05) is 0 Å². The van der Waals surface area contributed by atoms with Crippen molar-refractivity contribution in [3.8, 4) is 0 Å². The third-order valence-corrected chi connectivity index (χ3v) is 2.93. The predicted octanol–water partition coefficient (Wildman–Crippen LogP) is 3.59. The van der Waals surface area contributed by atoms with E-state index in [-0.39, 0.29) is 14.5 Å². The van der Waals surface area contributed by atoms with Gasteiger partial charge in [0.2, 0.25) is 0 Å². The fourth-order valence-corrected chi connectivity index (χ4v) is 1.72. The lowest BCUT2D eigenvalue weighted by Gasteiger charge is -2.03. The molecule has 80 valence electrons. The number of carbonyl (C=O) groups is 1. The Balaban J connectivity index is 3.30. The molecule has 0 fully saturated rings. The van der Waals surface area contributed by atoms with E-state index in [0.29, 0.717) is 0 Å². The molecule has 2 nitrogen and oxygen atoms in total. The van der Waals surface area contributed by atoms with Crippen LogP contribution in [-0.2, 0) is 4.79 Å². The van der Waals surface area contributed by atoms with Gasteiger partial charge in [0.25, 0.3) is 0 Å². The first-order valence-electron chi connectivity index (χ1n) is 3.67. The number of carboxylic acids is 1. The molecule has 0 unspecified atom stereocenters.